The van der Waals surface area contributed by atoms with Crippen molar-refractivity contribution in [3.63, 3.8) is 0 Å². The van der Waals surface area contributed by atoms with E-state index in [0.717, 1.165) is 108 Å². The molecule has 0 bridgehead atoms. The van der Waals surface area contributed by atoms with E-state index >= 15 is 0 Å². The minimum atomic E-state index is -1.17. The fraction of sp³-hybridized carbons (Fsp3) is 0.882. The van der Waals surface area contributed by atoms with E-state index in [1.54, 1.807) is 0 Å². The zero-order valence-corrected chi connectivity index (χ0v) is 28.5. The number of amides is 1. The van der Waals surface area contributed by atoms with Gasteiger partial charge in [0.1, 0.15) is 0 Å². The Bertz CT molecular complexity index is 1220. The van der Waals surface area contributed by atoms with Crippen LogP contribution in [-0.4, -0.2) is 105 Å². The quantitative estimate of drug-likeness (QED) is 0.0705. The molecule has 2 unspecified atom stereocenters. The van der Waals surface area contributed by atoms with Crippen molar-refractivity contribution in [1.82, 2.24) is 10.2 Å². The first kappa shape index (κ1) is 36.4. The average Bonchev–Trinajstić information content (AvgIpc) is 3.51. The highest BCUT2D eigenvalue weighted by molar-refractivity contribution is 5.95. The third kappa shape index (κ3) is 9.43. The van der Waals surface area contributed by atoms with Crippen LogP contribution in [0, 0.1) is 17.8 Å². The molecule has 2 aliphatic heterocycles. The van der Waals surface area contributed by atoms with Gasteiger partial charge < -0.3 is 24.6 Å². The summed E-state index contributed by atoms with van der Waals surface area (Å²) < 4.78 is 18.5. The number of carbonyl (C=O) groups excluding carboxylic acids is 1. The predicted octanol–water partition coefficient (Wildman–Crippen LogP) is 5.62. The number of rotatable bonds is 16. The number of aliphatic imine (C=N–C) groups is 1. The highest BCUT2D eigenvalue weighted by Gasteiger charge is 2.56. The van der Waals surface area contributed by atoms with Gasteiger partial charge in [0, 0.05) is 68.2 Å². The van der Waals surface area contributed by atoms with Crippen LogP contribution in [0.3, 0.4) is 0 Å². The summed E-state index contributed by atoms with van der Waals surface area (Å²) in [5, 5.41) is 20.4. The average molecular weight is 670 g/mol. The molecule has 2 saturated carbocycles. The third-order valence-corrected chi connectivity index (χ3v) is 11.2. The van der Waals surface area contributed by atoms with Crippen molar-refractivity contribution in [3.05, 3.63) is 32.0 Å². The first-order chi connectivity index (χ1) is 23.6. The summed E-state index contributed by atoms with van der Waals surface area (Å²) in [5.74, 6) is 0.987. The van der Waals surface area contributed by atoms with Crippen LogP contribution in [0.4, 0.5) is 0 Å². The number of ether oxygens (including phenoxy) is 3. The van der Waals surface area contributed by atoms with Gasteiger partial charge in [-0.3, -0.25) is 9.69 Å². The van der Waals surface area contributed by atoms with E-state index in [2.05, 4.69) is 30.3 Å². The standard InChI is InChI=1S/C34H55N9O5/c35-41-38-23-27-7-2-1-6-26(27)22-34(33(45)37-14-15-43-16-20-46-21-17-43)31(30-9-4-3-8-28(30)24-39-42-36)48-32(40-34)25-10-12-29(13-11-25)47-19-5-18-44/h25-27,29,31,44H,1-24H2,(H,37,45)/t25?,26?,27?,29?,31-,34-/m1/s1. The van der Waals surface area contributed by atoms with Crippen molar-refractivity contribution in [3.8, 4) is 0 Å². The molecule has 0 aromatic rings. The molecular weight excluding hydrogens is 614 g/mol. The summed E-state index contributed by atoms with van der Waals surface area (Å²) in [5.41, 5.74) is 19.3. The molecule has 266 valence electrons. The molecule has 2 heterocycles. The lowest BCUT2D eigenvalue weighted by atomic mass is 9.69. The van der Waals surface area contributed by atoms with E-state index in [1.807, 2.05) is 0 Å². The molecule has 14 nitrogen and oxygen atoms in total. The van der Waals surface area contributed by atoms with E-state index in [0.29, 0.717) is 51.6 Å². The van der Waals surface area contributed by atoms with Gasteiger partial charge in [-0.1, -0.05) is 41.5 Å². The minimum Gasteiger partial charge on any atom is -0.470 e. The van der Waals surface area contributed by atoms with Crippen LogP contribution in [0.5, 0.6) is 0 Å². The first-order valence-electron chi connectivity index (χ1n) is 18.4. The summed E-state index contributed by atoms with van der Waals surface area (Å²) in [6.45, 7) is 5.71. The van der Waals surface area contributed by atoms with Gasteiger partial charge in [0.15, 0.2) is 17.5 Å². The minimum absolute atomic E-state index is 0.0864. The zero-order valence-electron chi connectivity index (χ0n) is 28.5. The van der Waals surface area contributed by atoms with Gasteiger partial charge in [-0.2, -0.15) is 0 Å². The molecule has 0 aromatic heterocycles. The Labute approximate surface area is 284 Å². The summed E-state index contributed by atoms with van der Waals surface area (Å²) in [6, 6.07) is 0. The summed E-state index contributed by atoms with van der Waals surface area (Å²) in [4.78, 5) is 28.7. The van der Waals surface area contributed by atoms with Gasteiger partial charge in [0.25, 0.3) is 5.91 Å². The van der Waals surface area contributed by atoms with Crippen LogP contribution in [0.15, 0.2) is 26.4 Å². The van der Waals surface area contributed by atoms with Crippen LogP contribution in [-0.2, 0) is 19.0 Å². The maximum absolute atomic E-state index is 14.8. The fourth-order valence-electron chi connectivity index (χ4n) is 8.50. The van der Waals surface area contributed by atoms with Gasteiger partial charge in [0.2, 0.25) is 0 Å². The maximum Gasteiger partial charge on any atom is 0.252 e. The monoisotopic (exact) mass is 669 g/mol. The van der Waals surface area contributed by atoms with Crippen LogP contribution in [0.2, 0.25) is 0 Å². The van der Waals surface area contributed by atoms with E-state index in [4.69, 9.17) is 24.7 Å². The zero-order chi connectivity index (χ0) is 33.6. The Hall–Kier alpha value is -2.86. The van der Waals surface area contributed by atoms with E-state index in [9.17, 15) is 15.4 Å². The molecule has 5 aliphatic rings. The lowest BCUT2D eigenvalue weighted by Gasteiger charge is -2.40. The second kappa shape index (κ2) is 18.8. The number of morpholine rings is 1. The topological polar surface area (TPSA) is 190 Å². The molecule has 14 heteroatoms. The molecule has 1 saturated heterocycles. The molecule has 0 spiro atoms. The Morgan fingerprint density at radius 1 is 1.02 bits per heavy atom. The number of nitrogens with zero attached hydrogens (tertiary/aromatic N) is 8. The first-order valence-corrected chi connectivity index (χ1v) is 18.4. The molecule has 3 fully saturated rings. The Balaban J connectivity index is 1.48. The van der Waals surface area contributed by atoms with Gasteiger partial charge in [-0.05, 0) is 92.7 Å². The molecule has 2 N–H and O–H groups in total. The molecular formula is C34H55N9O5. The Morgan fingerprint density at radius 2 is 1.77 bits per heavy atom. The lowest BCUT2D eigenvalue weighted by molar-refractivity contribution is -0.129. The number of hydrogen-bond acceptors (Lipinski definition) is 9. The smallest absolute Gasteiger partial charge is 0.252 e. The van der Waals surface area contributed by atoms with E-state index < -0.39 is 11.6 Å². The number of aliphatic hydroxyl groups excluding tert-OH is 1. The summed E-state index contributed by atoms with van der Waals surface area (Å²) in [7, 11) is 0. The van der Waals surface area contributed by atoms with Gasteiger partial charge in [0.05, 0.1) is 19.3 Å². The van der Waals surface area contributed by atoms with Crippen molar-refractivity contribution in [2.24, 2.45) is 33.0 Å². The summed E-state index contributed by atoms with van der Waals surface area (Å²) in [6.07, 6.45) is 11.9. The SMILES string of the molecule is [N-]=[N+]=NCC1=C([C@H]2OC(C3CCC(OCCCO)CC3)=N[C@@]2(CC2CCCCC2CN=[N+]=[N-])C(=O)NCCN2CCOCC2)CCCC1. The number of hydrogen-bond donors (Lipinski definition) is 2. The van der Waals surface area contributed by atoms with Crippen molar-refractivity contribution in [2.75, 3.05) is 65.7 Å². The Kier molecular flexibility index (Phi) is 14.2. The van der Waals surface area contributed by atoms with Crippen LogP contribution in [0.25, 0.3) is 20.9 Å². The number of carbonyl (C=O) groups is 1. The van der Waals surface area contributed by atoms with Crippen molar-refractivity contribution >= 4 is 11.8 Å². The van der Waals surface area contributed by atoms with E-state index in [-0.39, 0.29) is 42.9 Å². The molecule has 4 atom stereocenters. The fourth-order valence-corrected chi connectivity index (χ4v) is 8.50. The number of nitrogens with one attached hydrogen (secondary N) is 1. The molecule has 3 aliphatic carbocycles. The Morgan fingerprint density at radius 3 is 2.52 bits per heavy atom. The summed E-state index contributed by atoms with van der Waals surface area (Å²) >= 11 is 0. The van der Waals surface area contributed by atoms with Crippen LogP contribution in [0.1, 0.15) is 89.9 Å². The van der Waals surface area contributed by atoms with Gasteiger partial charge in [-0.25, -0.2) is 4.99 Å². The van der Waals surface area contributed by atoms with Crippen molar-refractivity contribution in [2.45, 2.75) is 108 Å². The van der Waals surface area contributed by atoms with Gasteiger partial charge in [-0.15, -0.1) is 0 Å². The van der Waals surface area contributed by atoms with Gasteiger partial charge >= 0.3 is 0 Å². The van der Waals surface area contributed by atoms with Crippen molar-refractivity contribution < 1.29 is 24.1 Å². The number of azide groups is 2. The second-order valence-corrected chi connectivity index (χ2v) is 14.2. The van der Waals surface area contributed by atoms with E-state index in [1.165, 1.54) is 0 Å². The van der Waals surface area contributed by atoms with Crippen molar-refractivity contribution in [1.29, 1.82) is 0 Å². The normalized spacial score (nSPS) is 31.3. The molecule has 5 rings (SSSR count). The highest BCUT2D eigenvalue weighted by atomic mass is 16.5. The predicted molar refractivity (Wildman–Crippen MR) is 182 cm³/mol. The third-order valence-electron chi connectivity index (χ3n) is 11.2. The molecule has 48 heavy (non-hydrogen) atoms. The largest absolute Gasteiger partial charge is 0.470 e. The molecule has 0 radical (unpaired) electrons. The maximum atomic E-state index is 14.8. The van der Waals surface area contributed by atoms with Crippen LogP contribution >= 0.6 is 0 Å². The second-order valence-electron chi connectivity index (χ2n) is 14.2. The number of aliphatic hydroxyl groups is 1. The van der Waals surface area contributed by atoms with Crippen LogP contribution < -0.4 is 5.32 Å². The highest BCUT2D eigenvalue weighted by Crippen LogP contribution is 2.47. The molecule has 0 aromatic carbocycles. The molecule has 1 amide bonds. The lowest BCUT2D eigenvalue weighted by Crippen LogP contribution is -2.55.